The van der Waals surface area contributed by atoms with Crippen LogP contribution in [0, 0.1) is 0 Å². The van der Waals surface area contributed by atoms with Crippen molar-refractivity contribution in [2.24, 2.45) is 0 Å². The average molecular weight is 494 g/mol. The molecule has 1 aliphatic rings. The van der Waals surface area contributed by atoms with Crippen LogP contribution in [0.4, 0.5) is 10.5 Å². The molecule has 1 aliphatic heterocycles. The zero-order valence-corrected chi connectivity index (χ0v) is 18.8. The van der Waals surface area contributed by atoms with Crippen molar-refractivity contribution in [3.05, 3.63) is 88.9 Å². The van der Waals surface area contributed by atoms with Gasteiger partial charge in [-0.3, -0.25) is 14.5 Å². The maximum Gasteiger partial charge on any atom is 0.325 e. The van der Waals surface area contributed by atoms with E-state index in [9.17, 15) is 14.4 Å². The van der Waals surface area contributed by atoms with E-state index in [2.05, 4.69) is 26.6 Å². The summed E-state index contributed by atoms with van der Waals surface area (Å²) >= 11 is 3.37. The molecule has 3 aromatic rings. The van der Waals surface area contributed by atoms with Gasteiger partial charge < -0.3 is 15.4 Å². The summed E-state index contributed by atoms with van der Waals surface area (Å²) < 4.78 is 6.51. The molecule has 0 aromatic heterocycles. The van der Waals surface area contributed by atoms with Crippen LogP contribution in [0.5, 0.6) is 11.5 Å². The first-order valence-corrected chi connectivity index (χ1v) is 10.7. The minimum absolute atomic E-state index is 0.392. The Balaban J connectivity index is 1.39. The molecule has 32 heavy (non-hydrogen) atoms. The number of benzene rings is 3. The molecule has 2 N–H and O–H groups in total. The van der Waals surface area contributed by atoms with E-state index >= 15 is 0 Å². The van der Waals surface area contributed by atoms with Crippen LogP contribution in [0.2, 0.25) is 0 Å². The van der Waals surface area contributed by atoms with Crippen molar-refractivity contribution in [1.82, 2.24) is 10.2 Å². The van der Waals surface area contributed by atoms with E-state index in [1.165, 1.54) is 0 Å². The maximum absolute atomic E-state index is 13.0. The number of hydrogen-bond donors (Lipinski definition) is 2. The molecule has 0 spiro atoms. The molecule has 8 heteroatoms. The molecule has 0 radical (unpaired) electrons. The van der Waals surface area contributed by atoms with Crippen molar-refractivity contribution in [3.63, 3.8) is 0 Å². The number of ether oxygens (including phenoxy) is 1. The zero-order chi connectivity index (χ0) is 22.7. The van der Waals surface area contributed by atoms with Gasteiger partial charge in [0.25, 0.3) is 5.91 Å². The molecular formula is C24H20BrN3O4. The number of rotatable bonds is 6. The molecule has 1 fully saturated rings. The highest BCUT2D eigenvalue weighted by molar-refractivity contribution is 9.10. The fourth-order valence-electron chi connectivity index (χ4n) is 3.41. The lowest BCUT2D eigenvalue weighted by Gasteiger charge is -2.22. The van der Waals surface area contributed by atoms with Gasteiger partial charge in [-0.05, 0) is 61.0 Å². The minimum Gasteiger partial charge on any atom is -0.457 e. The summed E-state index contributed by atoms with van der Waals surface area (Å²) in [7, 11) is 0. The summed E-state index contributed by atoms with van der Waals surface area (Å²) in [5, 5.41) is 5.39. The molecule has 1 atom stereocenters. The Hall–Kier alpha value is -3.65. The van der Waals surface area contributed by atoms with Crippen LogP contribution in [0.15, 0.2) is 83.3 Å². The van der Waals surface area contributed by atoms with Gasteiger partial charge in [0, 0.05) is 10.2 Å². The van der Waals surface area contributed by atoms with Crippen LogP contribution < -0.4 is 15.4 Å². The predicted molar refractivity (Wildman–Crippen MR) is 123 cm³/mol. The average Bonchev–Trinajstić information content (AvgIpc) is 3.00. The largest absolute Gasteiger partial charge is 0.457 e. The van der Waals surface area contributed by atoms with Crippen LogP contribution in [0.1, 0.15) is 12.5 Å². The topological polar surface area (TPSA) is 87.7 Å². The Bertz CT molecular complexity index is 1170. The summed E-state index contributed by atoms with van der Waals surface area (Å²) in [6.07, 6.45) is 0. The lowest BCUT2D eigenvalue weighted by molar-refractivity contribution is -0.133. The van der Waals surface area contributed by atoms with Gasteiger partial charge in [-0.1, -0.05) is 46.3 Å². The van der Waals surface area contributed by atoms with E-state index < -0.39 is 29.9 Å². The number of amides is 4. The molecule has 162 valence electrons. The van der Waals surface area contributed by atoms with E-state index in [1.807, 2.05) is 36.4 Å². The Morgan fingerprint density at radius 3 is 2.38 bits per heavy atom. The standard InChI is InChI=1S/C24H20BrN3O4/c1-24(16-6-5-7-17(25)14-16)22(30)28(23(31)27-24)15-21(29)26-18-10-12-20(13-11-18)32-19-8-3-2-4-9-19/h2-14H,15H2,1H3,(H,26,29)(H,27,31)/t24-/m0/s1. The number of nitrogens with one attached hydrogen (secondary N) is 2. The summed E-state index contributed by atoms with van der Waals surface area (Å²) in [5.74, 6) is 0.357. The summed E-state index contributed by atoms with van der Waals surface area (Å²) in [6, 6.07) is 22.7. The molecule has 0 saturated carbocycles. The summed E-state index contributed by atoms with van der Waals surface area (Å²) in [5.41, 5.74) is -0.0863. The number of hydrogen-bond acceptors (Lipinski definition) is 4. The van der Waals surface area contributed by atoms with Crippen LogP contribution in [-0.4, -0.2) is 29.3 Å². The number of halogens is 1. The van der Waals surface area contributed by atoms with E-state index in [0.717, 1.165) is 9.37 Å². The second-order valence-corrected chi connectivity index (χ2v) is 8.36. The molecule has 1 saturated heterocycles. The fraction of sp³-hybridized carbons (Fsp3) is 0.125. The molecule has 0 bridgehead atoms. The highest BCUT2D eigenvalue weighted by Gasteiger charge is 2.49. The van der Waals surface area contributed by atoms with Gasteiger partial charge in [-0.25, -0.2) is 4.79 Å². The van der Waals surface area contributed by atoms with E-state index in [4.69, 9.17) is 4.74 Å². The van der Waals surface area contributed by atoms with Gasteiger partial charge in [-0.15, -0.1) is 0 Å². The smallest absolute Gasteiger partial charge is 0.325 e. The minimum atomic E-state index is -1.24. The van der Waals surface area contributed by atoms with E-state index in [1.54, 1.807) is 49.4 Å². The predicted octanol–water partition coefficient (Wildman–Crippen LogP) is 4.65. The molecule has 4 rings (SSSR count). The van der Waals surface area contributed by atoms with Crippen LogP contribution in [-0.2, 0) is 15.1 Å². The normalized spacial score (nSPS) is 17.8. The molecule has 7 nitrogen and oxygen atoms in total. The number of carbonyl (C=O) groups is 3. The highest BCUT2D eigenvalue weighted by atomic mass is 79.9. The van der Waals surface area contributed by atoms with Gasteiger partial charge in [-0.2, -0.15) is 0 Å². The molecular weight excluding hydrogens is 474 g/mol. The monoisotopic (exact) mass is 493 g/mol. The first-order valence-electron chi connectivity index (χ1n) is 9.88. The molecule has 4 amide bonds. The lowest BCUT2D eigenvalue weighted by atomic mass is 9.92. The van der Waals surface area contributed by atoms with Gasteiger partial charge >= 0.3 is 6.03 Å². The van der Waals surface area contributed by atoms with Crippen LogP contribution >= 0.6 is 15.9 Å². The first-order chi connectivity index (χ1) is 15.3. The third-order valence-electron chi connectivity index (χ3n) is 5.10. The number of carbonyl (C=O) groups excluding carboxylic acids is 3. The first kappa shape index (κ1) is 21.6. The SMILES string of the molecule is C[C@@]1(c2cccc(Br)c2)NC(=O)N(CC(=O)Nc2ccc(Oc3ccccc3)cc2)C1=O. The third-order valence-corrected chi connectivity index (χ3v) is 5.59. The van der Waals surface area contributed by atoms with Crippen molar-refractivity contribution in [2.75, 3.05) is 11.9 Å². The van der Waals surface area contributed by atoms with Crippen molar-refractivity contribution >= 4 is 39.5 Å². The van der Waals surface area contributed by atoms with Crippen molar-refractivity contribution in [2.45, 2.75) is 12.5 Å². The van der Waals surface area contributed by atoms with Crippen molar-refractivity contribution in [1.29, 1.82) is 0 Å². The third kappa shape index (κ3) is 4.50. The second-order valence-electron chi connectivity index (χ2n) is 7.44. The van der Waals surface area contributed by atoms with E-state index in [-0.39, 0.29) is 0 Å². The number of nitrogens with zero attached hydrogens (tertiary/aromatic N) is 1. The quantitative estimate of drug-likeness (QED) is 0.489. The maximum atomic E-state index is 13.0. The lowest BCUT2D eigenvalue weighted by Crippen LogP contribution is -2.42. The summed E-state index contributed by atoms with van der Waals surface area (Å²) in [4.78, 5) is 38.9. The van der Waals surface area contributed by atoms with Gasteiger partial charge in [0.15, 0.2) is 0 Å². The number of para-hydroxylation sites is 1. The highest BCUT2D eigenvalue weighted by Crippen LogP contribution is 2.30. The van der Waals surface area contributed by atoms with E-state index in [0.29, 0.717) is 22.7 Å². The van der Waals surface area contributed by atoms with Crippen LogP contribution in [0.25, 0.3) is 0 Å². The Kier molecular flexibility index (Phi) is 5.96. The van der Waals surface area contributed by atoms with Crippen molar-refractivity contribution < 1.29 is 19.1 Å². The number of imide groups is 1. The summed E-state index contributed by atoms with van der Waals surface area (Å²) in [6.45, 7) is 1.23. The molecule has 0 aliphatic carbocycles. The molecule has 0 unspecified atom stereocenters. The molecule has 1 heterocycles. The van der Waals surface area contributed by atoms with Crippen LogP contribution in [0.3, 0.4) is 0 Å². The van der Waals surface area contributed by atoms with Gasteiger partial charge in [0.1, 0.15) is 23.6 Å². The Morgan fingerprint density at radius 2 is 1.69 bits per heavy atom. The van der Waals surface area contributed by atoms with Gasteiger partial charge in [0.2, 0.25) is 5.91 Å². The van der Waals surface area contributed by atoms with Crippen molar-refractivity contribution in [3.8, 4) is 11.5 Å². The Morgan fingerprint density at radius 1 is 1.00 bits per heavy atom. The van der Waals surface area contributed by atoms with Gasteiger partial charge in [0.05, 0.1) is 0 Å². The molecule has 3 aromatic carbocycles. The number of anilines is 1. The second kappa shape index (κ2) is 8.84. The zero-order valence-electron chi connectivity index (χ0n) is 17.2. The fourth-order valence-corrected chi connectivity index (χ4v) is 3.81. The Labute approximate surface area is 193 Å². The number of urea groups is 1.